The summed E-state index contributed by atoms with van der Waals surface area (Å²) in [6.07, 6.45) is 0. The van der Waals surface area contributed by atoms with Crippen molar-refractivity contribution in [3.63, 3.8) is 0 Å². The number of thiol groups is 2. The first-order chi connectivity index (χ1) is 8.58. The van der Waals surface area contributed by atoms with Crippen molar-refractivity contribution in [2.24, 2.45) is 0 Å². The van der Waals surface area contributed by atoms with Gasteiger partial charge in [0, 0.05) is 9.81 Å². The third-order valence-corrected chi connectivity index (χ3v) is 3.56. The molecule has 0 radical (unpaired) electrons. The Hall–Kier alpha value is -1.26. The van der Waals surface area contributed by atoms with Gasteiger partial charge in [-0.1, -0.05) is 24.3 Å². The van der Waals surface area contributed by atoms with E-state index in [2.05, 4.69) is 25.3 Å². The zero-order valence-corrected chi connectivity index (χ0v) is 11.1. The molecule has 0 atom stereocenters. The normalized spacial score (nSPS) is 12.2. The zero-order valence-electron chi connectivity index (χ0n) is 9.27. The average Bonchev–Trinajstić information content (AvgIpc) is 2.37. The van der Waals surface area contributed by atoms with Crippen molar-refractivity contribution in [3.8, 4) is 0 Å². The lowest BCUT2D eigenvalue weighted by Gasteiger charge is -2.07. The maximum absolute atomic E-state index is 13.1. The molecular weight excluding hydrogens is 270 g/mol. The Morgan fingerprint density at radius 1 is 0.722 bits per heavy atom. The maximum Gasteiger partial charge on any atom is 0.123 e. The quantitative estimate of drug-likeness (QED) is 0.580. The fourth-order valence-corrected chi connectivity index (χ4v) is 2.08. The van der Waals surface area contributed by atoms with E-state index in [1.165, 1.54) is 24.3 Å². The van der Waals surface area contributed by atoms with Crippen molar-refractivity contribution in [1.29, 1.82) is 0 Å². The Bertz CT molecular complexity index is 553. The molecule has 0 aromatic heterocycles. The summed E-state index contributed by atoms with van der Waals surface area (Å²) < 4.78 is 26.2. The highest BCUT2D eigenvalue weighted by molar-refractivity contribution is 7.96. The fraction of sp³-hybridized carbons (Fsp3) is 0. The molecule has 0 saturated heterocycles. The van der Waals surface area contributed by atoms with E-state index in [1.54, 1.807) is 24.3 Å². The summed E-state index contributed by atoms with van der Waals surface area (Å²) in [6.45, 7) is 0. The summed E-state index contributed by atoms with van der Waals surface area (Å²) in [5, 5.41) is 0. The van der Waals surface area contributed by atoms with Gasteiger partial charge in [-0.3, -0.25) is 0 Å². The number of benzene rings is 2. The van der Waals surface area contributed by atoms with Crippen LogP contribution in [0.15, 0.2) is 48.5 Å². The van der Waals surface area contributed by atoms with Gasteiger partial charge in [0.25, 0.3) is 0 Å². The minimum atomic E-state index is -0.348. The van der Waals surface area contributed by atoms with Crippen molar-refractivity contribution in [2.45, 2.75) is 0 Å². The van der Waals surface area contributed by atoms with Gasteiger partial charge >= 0.3 is 0 Å². The summed E-state index contributed by atoms with van der Waals surface area (Å²) in [7, 11) is 0. The van der Waals surface area contributed by atoms with E-state index in [0.717, 1.165) is 0 Å². The monoisotopic (exact) mass is 280 g/mol. The Kier molecular flexibility index (Phi) is 4.09. The molecule has 0 aliphatic carbocycles. The lowest BCUT2D eigenvalue weighted by Crippen LogP contribution is -1.85. The van der Waals surface area contributed by atoms with Gasteiger partial charge in [-0.15, -0.1) is 25.3 Å². The molecule has 0 spiro atoms. The molecule has 0 nitrogen and oxygen atoms in total. The van der Waals surface area contributed by atoms with Gasteiger partial charge in [-0.25, -0.2) is 8.78 Å². The van der Waals surface area contributed by atoms with E-state index in [0.29, 0.717) is 20.9 Å². The Morgan fingerprint density at radius 2 is 1.11 bits per heavy atom. The van der Waals surface area contributed by atoms with E-state index in [4.69, 9.17) is 0 Å². The molecule has 0 unspecified atom stereocenters. The molecule has 2 aromatic rings. The predicted octanol–water partition coefficient (Wildman–Crippen LogP) is 4.65. The third kappa shape index (κ3) is 2.94. The van der Waals surface area contributed by atoms with Crippen LogP contribution in [0, 0.1) is 11.6 Å². The van der Waals surface area contributed by atoms with Crippen LogP contribution in [-0.4, -0.2) is 0 Å². The number of halogens is 2. The molecule has 0 aliphatic heterocycles. The van der Waals surface area contributed by atoms with E-state index in [9.17, 15) is 8.78 Å². The van der Waals surface area contributed by atoms with Crippen molar-refractivity contribution < 1.29 is 8.78 Å². The zero-order chi connectivity index (χ0) is 13.1. The lowest BCUT2D eigenvalue weighted by atomic mass is 10.1. The smallest absolute Gasteiger partial charge is 0.123 e. The van der Waals surface area contributed by atoms with Gasteiger partial charge in [0.2, 0.25) is 0 Å². The van der Waals surface area contributed by atoms with E-state index >= 15 is 0 Å². The predicted molar refractivity (Wildman–Crippen MR) is 77.6 cm³/mol. The van der Waals surface area contributed by atoms with Crippen LogP contribution in [0.4, 0.5) is 8.78 Å². The molecule has 0 heterocycles. The Morgan fingerprint density at radius 3 is 1.44 bits per heavy atom. The minimum Gasteiger partial charge on any atom is -0.207 e. The van der Waals surface area contributed by atoms with E-state index < -0.39 is 0 Å². The van der Waals surface area contributed by atoms with Crippen LogP contribution in [0.2, 0.25) is 0 Å². The van der Waals surface area contributed by atoms with Crippen LogP contribution >= 0.6 is 25.3 Å². The molecular formula is C14H10F2S2. The highest BCUT2D eigenvalue weighted by atomic mass is 32.1. The minimum absolute atomic E-state index is 0.348. The number of rotatable bonds is 2. The van der Waals surface area contributed by atoms with Crippen LogP contribution in [0.25, 0.3) is 9.81 Å². The second-order valence-electron chi connectivity index (χ2n) is 3.72. The largest absolute Gasteiger partial charge is 0.207 e. The molecule has 92 valence electrons. The summed E-state index contributed by atoms with van der Waals surface area (Å²) in [5.41, 5.74) is 1.21. The van der Waals surface area contributed by atoms with Gasteiger partial charge < -0.3 is 0 Å². The lowest BCUT2D eigenvalue weighted by molar-refractivity contribution is 0.627. The molecule has 0 amide bonds. The van der Waals surface area contributed by atoms with Gasteiger partial charge in [-0.05, 0) is 35.4 Å². The average molecular weight is 280 g/mol. The molecule has 0 saturated carbocycles. The second kappa shape index (κ2) is 5.59. The van der Waals surface area contributed by atoms with Crippen molar-refractivity contribution in [2.75, 3.05) is 0 Å². The molecule has 18 heavy (non-hydrogen) atoms. The summed E-state index contributed by atoms with van der Waals surface area (Å²) in [4.78, 5) is 1.01. The van der Waals surface area contributed by atoms with Crippen LogP contribution < -0.4 is 0 Å². The summed E-state index contributed by atoms with van der Waals surface area (Å²) in [5.74, 6) is -0.696. The van der Waals surface area contributed by atoms with Crippen LogP contribution in [0.3, 0.4) is 0 Å². The van der Waals surface area contributed by atoms with E-state index in [-0.39, 0.29) is 11.6 Å². The molecule has 4 heteroatoms. The SMILES string of the molecule is Fc1cccc(C(S)=C(S)c2cccc(F)c2)c1. The Labute approximate surface area is 115 Å². The maximum atomic E-state index is 13.1. The molecule has 0 bridgehead atoms. The van der Waals surface area contributed by atoms with Crippen molar-refractivity contribution in [1.82, 2.24) is 0 Å². The van der Waals surface area contributed by atoms with Gasteiger partial charge in [0.05, 0.1) is 0 Å². The highest BCUT2D eigenvalue weighted by Gasteiger charge is 2.06. The first kappa shape index (κ1) is 13.2. The molecule has 0 aliphatic rings. The van der Waals surface area contributed by atoms with Crippen LogP contribution in [-0.2, 0) is 0 Å². The number of hydrogen-bond donors (Lipinski definition) is 2. The Balaban J connectivity index is 2.47. The molecule has 2 rings (SSSR count). The number of hydrogen-bond acceptors (Lipinski definition) is 2. The molecule has 0 fully saturated rings. The van der Waals surface area contributed by atoms with Crippen molar-refractivity contribution >= 4 is 35.1 Å². The fourth-order valence-electron chi connectivity index (χ4n) is 1.54. The third-order valence-electron chi connectivity index (χ3n) is 2.42. The van der Waals surface area contributed by atoms with Gasteiger partial charge in [0.1, 0.15) is 11.6 Å². The highest BCUT2D eigenvalue weighted by Crippen LogP contribution is 2.32. The van der Waals surface area contributed by atoms with Gasteiger partial charge in [0.15, 0.2) is 0 Å². The van der Waals surface area contributed by atoms with Crippen LogP contribution in [0.1, 0.15) is 11.1 Å². The van der Waals surface area contributed by atoms with E-state index in [1.807, 2.05) is 0 Å². The first-order valence-corrected chi connectivity index (χ1v) is 6.11. The van der Waals surface area contributed by atoms with Crippen molar-refractivity contribution in [3.05, 3.63) is 71.3 Å². The standard InChI is InChI=1S/C14H10F2S2/c15-11-5-1-3-9(7-11)13(17)14(18)10-4-2-6-12(16)8-10/h1-8,17-18H. The topological polar surface area (TPSA) is 0 Å². The first-order valence-electron chi connectivity index (χ1n) is 5.22. The summed E-state index contributed by atoms with van der Waals surface area (Å²) in [6, 6.07) is 12.1. The second-order valence-corrected chi connectivity index (χ2v) is 4.61. The van der Waals surface area contributed by atoms with Gasteiger partial charge in [-0.2, -0.15) is 0 Å². The van der Waals surface area contributed by atoms with Crippen LogP contribution in [0.5, 0.6) is 0 Å². The molecule has 2 aromatic carbocycles. The summed E-state index contributed by atoms with van der Waals surface area (Å²) >= 11 is 8.64. The molecule has 0 N–H and O–H groups in total.